The number of fused-ring (bicyclic) bond motifs is 1. The van der Waals surface area contributed by atoms with Crippen molar-refractivity contribution in [3.8, 4) is 11.5 Å². The van der Waals surface area contributed by atoms with Gasteiger partial charge in [-0.25, -0.2) is 22.5 Å². The Morgan fingerprint density at radius 1 is 1.03 bits per heavy atom. The monoisotopic (exact) mass is 906 g/mol. The second-order valence-corrected chi connectivity index (χ2v) is 21.4. The molecule has 5 aromatic rings. The number of carbonyl (C=O) groups excluding carboxylic acids is 1. The Kier molecular flexibility index (Phi) is 11.9. The van der Waals surface area contributed by atoms with Gasteiger partial charge >= 0.3 is 0 Å². The minimum atomic E-state index is -4.68. The van der Waals surface area contributed by atoms with Gasteiger partial charge in [-0.05, 0) is 112 Å². The molecule has 0 bridgehead atoms. The number of piperidine rings is 1. The molecule has 0 unspecified atom stereocenters. The molecular formula is C49H59FN8O6S. The lowest BCUT2D eigenvalue weighted by atomic mass is 9.59. The number of H-pyrrole nitrogens is 1. The minimum absolute atomic E-state index is 0.0671. The maximum atomic E-state index is 16.4. The van der Waals surface area contributed by atoms with Gasteiger partial charge in [0.25, 0.3) is 21.6 Å². The van der Waals surface area contributed by atoms with Crippen LogP contribution in [0.25, 0.3) is 11.0 Å². The second-order valence-electron chi connectivity index (χ2n) is 19.8. The smallest absolute Gasteiger partial charge is 0.293 e. The summed E-state index contributed by atoms with van der Waals surface area (Å²) in [5, 5.41) is 16.1. The normalized spacial score (nSPS) is 20.0. The van der Waals surface area contributed by atoms with E-state index < -0.39 is 37.3 Å². The Hall–Kier alpha value is -5.58. The predicted octanol–water partition coefficient (Wildman–Crippen LogP) is 9.37. The molecule has 4 aliphatic rings. The number of likely N-dealkylation sites (tertiary alicyclic amines) is 2. The van der Waals surface area contributed by atoms with Crippen molar-refractivity contribution < 1.29 is 27.3 Å². The number of halogens is 1. The van der Waals surface area contributed by atoms with Crippen LogP contribution in [0.3, 0.4) is 0 Å². The lowest BCUT2D eigenvalue weighted by molar-refractivity contribution is -0.384. The number of aromatic amines is 1. The fraction of sp³-hybridized carbons (Fsp3) is 0.469. The summed E-state index contributed by atoms with van der Waals surface area (Å²) >= 11 is 0. The number of nitro benzene ring substituents is 1. The third kappa shape index (κ3) is 8.92. The molecule has 16 heteroatoms. The summed E-state index contributed by atoms with van der Waals surface area (Å²) < 4.78 is 52.2. The lowest BCUT2D eigenvalue weighted by Crippen LogP contribution is -2.59. The van der Waals surface area contributed by atoms with Gasteiger partial charge in [0.15, 0.2) is 0 Å². The zero-order chi connectivity index (χ0) is 45.8. The lowest BCUT2D eigenvalue weighted by Gasteiger charge is -2.56. The predicted molar refractivity (Wildman–Crippen MR) is 250 cm³/mol. The Labute approximate surface area is 380 Å². The molecule has 1 amide bonds. The number of aromatic nitrogens is 2. The van der Waals surface area contributed by atoms with Crippen LogP contribution in [0.1, 0.15) is 107 Å². The highest BCUT2D eigenvalue weighted by atomic mass is 32.2. The largest absolute Gasteiger partial charge is 0.455 e. The minimum Gasteiger partial charge on any atom is -0.455 e. The molecule has 3 aliphatic heterocycles. The topological polar surface area (TPSA) is 166 Å². The van der Waals surface area contributed by atoms with Gasteiger partial charge in [-0.15, -0.1) is 0 Å². The van der Waals surface area contributed by atoms with Crippen molar-refractivity contribution in [3.05, 3.63) is 112 Å². The summed E-state index contributed by atoms with van der Waals surface area (Å²) in [4.78, 5) is 39.4. The Bertz CT molecular complexity index is 2720. The number of nitro groups is 1. The fourth-order valence-corrected chi connectivity index (χ4v) is 11.8. The molecule has 1 aliphatic carbocycles. The molecule has 1 spiro atoms. The number of rotatable bonds is 14. The van der Waals surface area contributed by atoms with Crippen LogP contribution in [0.15, 0.2) is 84.0 Å². The first-order chi connectivity index (χ1) is 31.0. The molecule has 3 aromatic carbocycles. The summed E-state index contributed by atoms with van der Waals surface area (Å²) in [7, 11) is -4.68. The summed E-state index contributed by atoms with van der Waals surface area (Å²) in [6.07, 6.45) is 9.56. The van der Waals surface area contributed by atoms with E-state index in [1.165, 1.54) is 48.4 Å². The van der Waals surface area contributed by atoms with Crippen LogP contribution in [-0.4, -0.2) is 90.4 Å². The maximum absolute atomic E-state index is 16.4. The number of ether oxygens (including phenoxy) is 1. The second kappa shape index (κ2) is 17.3. The number of carbonyl (C=O) groups is 1. The molecule has 1 saturated carbocycles. The van der Waals surface area contributed by atoms with Crippen LogP contribution >= 0.6 is 0 Å². The molecular weight excluding hydrogens is 848 g/mol. The van der Waals surface area contributed by atoms with Crippen molar-refractivity contribution in [1.82, 2.24) is 24.5 Å². The van der Waals surface area contributed by atoms with Crippen LogP contribution in [0.4, 0.5) is 21.5 Å². The molecule has 65 heavy (non-hydrogen) atoms. The average Bonchev–Trinajstić information content (AvgIpc) is 3.94. The van der Waals surface area contributed by atoms with E-state index >= 15 is 4.39 Å². The van der Waals surface area contributed by atoms with Gasteiger partial charge in [-0.2, -0.15) is 0 Å². The number of nitrogens with zero attached hydrogens (tertiary/aromatic N) is 5. The molecule has 14 nitrogen and oxygen atoms in total. The van der Waals surface area contributed by atoms with E-state index in [9.17, 15) is 23.3 Å². The summed E-state index contributed by atoms with van der Waals surface area (Å²) in [6, 6.07) is 19.6. The molecule has 4 fully saturated rings. The van der Waals surface area contributed by atoms with Crippen LogP contribution in [0, 0.1) is 26.8 Å². The van der Waals surface area contributed by atoms with E-state index in [0.717, 1.165) is 62.8 Å². The average molecular weight is 907 g/mol. The van der Waals surface area contributed by atoms with E-state index in [4.69, 9.17) is 4.74 Å². The highest BCUT2D eigenvalue weighted by Gasteiger charge is 2.50. The molecule has 3 saturated heterocycles. The Balaban J connectivity index is 0.916. The highest BCUT2D eigenvalue weighted by Crippen LogP contribution is 2.54. The zero-order valence-corrected chi connectivity index (χ0v) is 38.6. The quantitative estimate of drug-likeness (QED) is 0.0718. The molecule has 344 valence electrons. The first-order valence-corrected chi connectivity index (χ1v) is 24.4. The molecule has 0 radical (unpaired) electrons. The summed E-state index contributed by atoms with van der Waals surface area (Å²) in [6.45, 7) is 15.3. The van der Waals surface area contributed by atoms with Gasteiger partial charge in [-0.3, -0.25) is 24.7 Å². The van der Waals surface area contributed by atoms with Crippen molar-refractivity contribution in [2.24, 2.45) is 10.8 Å². The molecule has 1 atom stereocenters. The first kappa shape index (κ1) is 44.6. The summed E-state index contributed by atoms with van der Waals surface area (Å²) in [5.41, 5.74) is 3.17. The van der Waals surface area contributed by atoms with E-state index in [2.05, 4.69) is 84.0 Å². The van der Waals surface area contributed by atoms with Crippen LogP contribution in [-0.2, 0) is 10.0 Å². The highest BCUT2D eigenvalue weighted by molar-refractivity contribution is 7.90. The molecule has 9 rings (SSSR count). The van der Waals surface area contributed by atoms with E-state index in [0.29, 0.717) is 49.3 Å². The standard InChI is InChI=1S/C49H59FN8O6S/c1-31(2)37-9-6-7-10-38(37)42-11-8-18-57(42)34-25-49(26-34)15-19-55(20-16-49)43-24-45(64-35-21-33-14-17-51-46(33)52-27-35)39(23-40(43)50)47(59)54-65(62,63)36-12-13-41(44(22-36)58(60)61)53-28-48(5)29-56(30-48)32(3)4/h6-7,9-10,12-14,17,21-24,27,31-32,34,42,53H,8,11,15-16,18-20,25-26,28-30H2,1-5H3,(H,51,52)(H,54,59)/t42-/m0/s1. The third-order valence-corrected chi connectivity index (χ3v) is 15.8. The molecule has 5 heterocycles. The summed E-state index contributed by atoms with van der Waals surface area (Å²) in [5.74, 6) is -1.21. The molecule has 3 N–H and O–H groups in total. The van der Waals surface area contributed by atoms with Crippen molar-refractivity contribution in [1.29, 1.82) is 0 Å². The van der Waals surface area contributed by atoms with Crippen molar-refractivity contribution in [2.45, 2.75) is 102 Å². The number of nitrogens with one attached hydrogen (secondary N) is 3. The first-order valence-electron chi connectivity index (χ1n) is 22.9. The maximum Gasteiger partial charge on any atom is 0.293 e. The van der Waals surface area contributed by atoms with Gasteiger partial charge in [0.2, 0.25) is 0 Å². The Morgan fingerprint density at radius 3 is 2.51 bits per heavy atom. The van der Waals surface area contributed by atoms with Crippen LogP contribution in [0.5, 0.6) is 11.5 Å². The fourth-order valence-electron chi connectivity index (χ4n) is 10.8. The van der Waals surface area contributed by atoms with Gasteiger partial charge in [0, 0.05) is 80.0 Å². The van der Waals surface area contributed by atoms with Gasteiger partial charge < -0.3 is 19.9 Å². The van der Waals surface area contributed by atoms with Gasteiger partial charge in [0.05, 0.1) is 27.3 Å². The number of benzene rings is 3. The number of pyridine rings is 1. The molecule has 2 aromatic heterocycles. The Morgan fingerprint density at radius 2 is 1.78 bits per heavy atom. The van der Waals surface area contributed by atoms with Crippen LogP contribution in [0.2, 0.25) is 0 Å². The third-order valence-electron chi connectivity index (χ3n) is 14.4. The van der Waals surface area contributed by atoms with E-state index in [-0.39, 0.29) is 39.3 Å². The number of anilines is 2. The van der Waals surface area contributed by atoms with Crippen molar-refractivity contribution >= 4 is 44.0 Å². The van der Waals surface area contributed by atoms with E-state index in [1.807, 2.05) is 15.7 Å². The SMILES string of the molecule is CC(C)c1ccccc1[C@@H]1CCCN1C1CC2(CCN(c3cc(Oc4cnc5[nH]ccc5c4)c(C(=O)NS(=O)(=O)c4ccc(NCC5(C)CN(C(C)C)C5)c([N+](=O)[O-])c4)cc3F)CC2)C1. The van der Waals surface area contributed by atoms with Crippen molar-refractivity contribution in [3.63, 3.8) is 0 Å². The number of sulfonamides is 1. The number of hydrogen-bond donors (Lipinski definition) is 3. The van der Waals surface area contributed by atoms with Crippen molar-refractivity contribution in [2.75, 3.05) is 49.5 Å². The zero-order valence-electron chi connectivity index (χ0n) is 37.8. The van der Waals surface area contributed by atoms with E-state index in [1.54, 1.807) is 12.3 Å². The van der Waals surface area contributed by atoms with Gasteiger partial charge in [0.1, 0.15) is 28.7 Å². The van der Waals surface area contributed by atoms with Gasteiger partial charge in [-0.1, -0.05) is 45.0 Å². The number of hydrogen-bond acceptors (Lipinski definition) is 11. The number of amides is 1. The van der Waals surface area contributed by atoms with Crippen LogP contribution < -0.4 is 19.7 Å².